The molecule has 0 spiro atoms. The van der Waals surface area contributed by atoms with Gasteiger partial charge < -0.3 is 18.9 Å². The highest BCUT2D eigenvalue weighted by Crippen LogP contribution is 2.43. The molecule has 0 aliphatic heterocycles. The van der Waals surface area contributed by atoms with E-state index in [1.54, 1.807) is 0 Å². The zero-order valence-electron chi connectivity index (χ0n) is 36.7. The summed E-state index contributed by atoms with van der Waals surface area (Å²) in [5, 5.41) is 0. The quantitative estimate of drug-likeness (QED) is 0.0214. The third kappa shape index (κ3) is 42.2. The topological polar surface area (TPSA) is 108 Å². The number of phosphoric ester groups is 1. The first kappa shape index (κ1) is 53.8. The van der Waals surface area contributed by atoms with E-state index in [1.165, 1.54) is 135 Å². The molecule has 0 aromatic carbocycles. The monoisotopic (exact) mass is 803 g/mol. The van der Waals surface area contributed by atoms with E-state index >= 15 is 0 Å². The maximum absolute atomic E-state index is 12.7. The first-order chi connectivity index (χ1) is 26.5. The lowest BCUT2D eigenvalue weighted by Gasteiger charge is -2.24. The fraction of sp³-hybridized carbons (Fsp3) is 0.911. The van der Waals surface area contributed by atoms with Crippen LogP contribution in [0.2, 0.25) is 0 Å². The molecule has 326 valence electrons. The summed E-state index contributed by atoms with van der Waals surface area (Å²) >= 11 is 0. The zero-order chi connectivity index (χ0) is 40.7. The Hall–Kier alpha value is -1.25. The Morgan fingerprint density at radius 3 is 1.35 bits per heavy atom. The van der Waals surface area contributed by atoms with Gasteiger partial charge in [0.1, 0.15) is 19.8 Å². The Bertz CT molecular complexity index is 954. The second-order valence-electron chi connectivity index (χ2n) is 16.8. The minimum atomic E-state index is -4.37. The van der Waals surface area contributed by atoms with E-state index < -0.39 is 26.5 Å². The zero-order valence-corrected chi connectivity index (χ0v) is 37.6. The van der Waals surface area contributed by atoms with Crippen LogP contribution >= 0.6 is 7.82 Å². The molecule has 1 unspecified atom stereocenters. The molecular formula is C45H89NO8P+. The summed E-state index contributed by atoms with van der Waals surface area (Å²) in [6, 6.07) is 0. The van der Waals surface area contributed by atoms with E-state index in [1.807, 2.05) is 21.1 Å². The largest absolute Gasteiger partial charge is 0.472 e. The lowest BCUT2D eigenvalue weighted by atomic mass is 10.0. The van der Waals surface area contributed by atoms with Gasteiger partial charge in [-0.25, -0.2) is 4.57 Å². The highest BCUT2D eigenvalue weighted by molar-refractivity contribution is 7.47. The number of rotatable bonds is 42. The van der Waals surface area contributed by atoms with Crippen LogP contribution in [0, 0.1) is 0 Å². The number of nitrogens with zero attached hydrogens (tertiary/aromatic N) is 1. The molecule has 0 aliphatic carbocycles. The molecule has 0 fully saturated rings. The van der Waals surface area contributed by atoms with Crippen LogP contribution in [0.5, 0.6) is 0 Å². The van der Waals surface area contributed by atoms with Crippen molar-refractivity contribution in [2.24, 2.45) is 0 Å². The molecule has 1 N–H and O–H groups in total. The van der Waals surface area contributed by atoms with E-state index in [2.05, 4.69) is 26.0 Å². The summed E-state index contributed by atoms with van der Waals surface area (Å²) < 4.78 is 34.3. The molecule has 0 aliphatic rings. The second kappa shape index (κ2) is 38.3. The van der Waals surface area contributed by atoms with Gasteiger partial charge >= 0.3 is 19.8 Å². The first-order valence-corrected chi connectivity index (χ1v) is 24.4. The maximum atomic E-state index is 12.7. The number of esters is 2. The number of ether oxygens (including phenoxy) is 2. The maximum Gasteiger partial charge on any atom is 0.472 e. The Morgan fingerprint density at radius 2 is 0.927 bits per heavy atom. The van der Waals surface area contributed by atoms with Crippen molar-refractivity contribution < 1.29 is 42.1 Å². The predicted molar refractivity (Wildman–Crippen MR) is 229 cm³/mol. The lowest BCUT2D eigenvalue weighted by Crippen LogP contribution is -2.37. The average Bonchev–Trinajstić information content (AvgIpc) is 3.13. The summed E-state index contributed by atoms with van der Waals surface area (Å²) in [5.41, 5.74) is 0. The van der Waals surface area contributed by atoms with Crippen molar-refractivity contribution in [2.45, 2.75) is 219 Å². The lowest BCUT2D eigenvalue weighted by molar-refractivity contribution is -0.870. The van der Waals surface area contributed by atoms with Crippen LogP contribution in [0.1, 0.15) is 213 Å². The molecule has 2 atom stereocenters. The normalized spacial score (nSPS) is 13.6. The van der Waals surface area contributed by atoms with Gasteiger partial charge in [0.05, 0.1) is 27.7 Å². The van der Waals surface area contributed by atoms with Crippen molar-refractivity contribution in [3.8, 4) is 0 Å². The van der Waals surface area contributed by atoms with Crippen molar-refractivity contribution >= 4 is 19.8 Å². The van der Waals surface area contributed by atoms with Gasteiger partial charge in [-0.15, -0.1) is 0 Å². The molecule has 0 bridgehead atoms. The predicted octanol–water partition coefficient (Wildman–Crippen LogP) is 13.0. The van der Waals surface area contributed by atoms with Crippen LogP contribution in [-0.2, 0) is 32.7 Å². The second-order valence-corrected chi connectivity index (χ2v) is 18.2. The van der Waals surface area contributed by atoms with Gasteiger partial charge in [0.2, 0.25) is 0 Å². The van der Waals surface area contributed by atoms with Gasteiger partial charge in [-0.2, -0.15) is 0 Å². The van der Waals surface area contributed by atoms with Crippen LogP contribution < -0.4 is 0 Å². The first-order valence-electron chi connectivity index (χ1n) is 22.9. The van der Waals surface area contributed by atoms with E-state index in [0.29, 0.717) is 23.9 Å². The number of hydrogen-bond donors (Lipinski definition) is 1. The van der Waals surface area contributed by atoms with Gasteiger partial charge in [-0.1, -0.05) is 174 Å². The summed E-state index contributed by atoms with van der Waals surface area (Å²) in [6.07, 6.45) is 39.6. The van der Waals surface area contributed by atoms with Crippen LogP contribution in [0.25, 0.3) is 0 Å². The van der Waals surface area contributed by atoms with Crippen LogP contribution in [0.15, 0.2) is 12.2 Å². The molecule has 0 rings (SSSR count). The van der Waals surface area contributed by atoms with Crippen molar-refractivity contribution in [1.82, 2.24) is 0 Å². The van der Waals surface area contributed by atoms with Gasteiger partial charge in [-0.3, -0.25) is 18.6 Å². The Kier molecular flexibility index (Phi) is 37.4. The van der Waals surface area contributed by atoms with Crippen LogP contribution in [0.4, 0.5) is 0 Å². The Balaban J connectivity index is 4.31. The van der Waals surface area contributed by atoms with E-state index in [0.717, 1.165) is 44.9 Å². The van der Waals surface area contributed by atoms with E-state index in [-0.39, 0.29) is 25.6 Å². The molecule has 0 saturated heterocycles. The Labute approximate surface area is 339 Å². The number of hydrogen-bond acceptors (Lipinski definition) is 7. The highest BCUT2D eigenvalue weighted by Gasteiger charge is 2.27. The smallest absolute Gasteiger partial charge is 0.462 e. The molecule has 55 heavy (non-hydrogen) atoms. The molecule has 10 heteroatoms. The summed E-state index contributed by atoms with van der Waals surface area (Å²) in [4.78, 5) is 35.4. The third-order valence-corrected chi connectivity index (χ3v) is 11.0. The number of quaternary nitrogens is 1. The van der Waals surface area contributed by atoms with Crippen molar-refractivity contribution in [1.29, 1.82) is 0 Å². The summed E-state index contributed by atoms with van der Waals surface area (Å²) in [5.74, 6) is -0.793. The molecule has 9 nitrogen and oxygen atoms in total. The van der Waals surface area contributed by atoms with Crippen molar-refractivity contribution in [3.63, 3.8) is 0 Å². The number of likely N-dealkylation sites (N-methyl/N-ethyl adjacent to an activating group) is 1. The molecule has 0 aromatic heterocycles. The van der Waals surface area contributed by atoms with Gasteiger partial charge in [0.15, 0.2) is 6.10 Å². The molecule has 0 aromatic rings. The third-order valence-electron chi connectivity index (χ3n) is 10.0. The number of carbonyl (C=O) groups is 2. The molecule has 0 radical (unpaired) electrons. The van der Waals surface area contributed by atoms with Crippen LogP contribution in [0.3, 0.4) is 0 Å². The van der Waals surface area contributed by atoms with Crippen molar-refractivity contribution in [3.05, 3.63) is 12.2 Å². The molecule has 0 saturated carbocycles. The van der Waals surface area contributed by atoms with Crippen LogP contribution in [-0.4, -0.2) is 74.9 Å². The number of unbranched alkanes of at least 4 members (excludes halogenated alkanes) is 26. The number of allylic oxidation sites excluding steroid dienone is 2. The fourth-order valence-corrected chi connectivity index (χ4v) is 7.16. The molecule has 0 heterocycles. The standard InChI is InChI=1S/C45H88NO8P/c1-6-8-10-12-14-16-18-20-22-23-24-26-28-30-32-34-36-38-45(48)54-43(42-53-55(49,50)52-40-39-46(3,4)5)41-51-44(47)37-35-33-31-29-27-25-21-19-17-15-13-11-9-7-2/h20,22,43H,6-19,21,23-42H2,1-5H3/p+1/b22-20-/t43-/m1/s1. The molecular weight excluding hydrogens is 713 g/mol. The van der Waals surface area contributed by atoms with E-state index in [4.69, 9.17) is 18.5 Å². The SMILES string of the molecule is CCCCCCCC/C=C\CCCCCCCCCC(=O)O[C@H](COC(=O)CCCCCCCCCCCCCCCC)COP(=O)(O)OCC[N+](C)(C)C. The minimum absolute atomic E-state index is 0.0340. The number of phosphoric acid groups is 1. The fourth-order valence-electron chi connectivity index (χ4n) is 6.42. The summed E-state index contributed by atoms with van der Waals surface area (Å²) in [6.45, 7) is 4.44. The molecule has 0 amide bonds. The summed E-state index contributed by atoms with van der Waals surface area (Å²) in [7, 11) is 1.48. The van der Waals surface area contributed by atoms with Gasteiger partial charge in [0, 0.05) is 12.8 Å². The number of carbonyl (C=O) groups excluding carboxylic acids is 2. The van der Waals surface area contributed by atoms with E-state index in [9.17, 15) is 19.0 Å². The van der Waals surface area contributed by atoms with Gasteiger partial charge in [-0.05, 0) is 38.5 Å². The van der Waals surface area contributed by atoms with Gasteiger partial charge in [0.25, 0.3) is 0 Å². The average molecular weight is 803 g/mol. The Morgan fingerprint density at radius 1 is 0.545 bits per heavy atom. The highest BCUT2D eigenvalue weighted by atomic mass is 31.2. The van der Waals surface area contributed by atoms with Crippen molar-refractivity contribution in [2.75, 3.05) is 47.5 Å². The minimum Gasteiger partial charge on any atom is -0.462 e.